The van der Waals surface area contributed by atoms with Gasteiger partial charge in [0.15, 0.2) is 6.29 Å². The van der Waals surface area contributed by atoms with Gasteiger partial charge in [-0.15, -0.1) is 0 Å². The molecule has 0 aliphatic carbocycles. The first-order chi connectivity index (χ1) is 8.72. The minimum absolute atomic E-state index is 0.210. The molecular formula is C13H19NO4. The summed E-state index contributed by atoms with van der Waals surface area (Å²) in [6.07, 6.45) is -0.451. The predicted octanol–water partition coefficient (Wildman–Crippen LogP) is 1.43. The smallest absolute Gasteiger partial charge is 0.255 e. The van der Waals surface area contributed by atoms with E-state index in [0.717, 1.165) is 0 Å². The zero-order valence-corrected chi connectivity index (χ0v) is 10.9. The second-order valence-electron chi connectivity index (χ2n) is 3.54. The summed E-state index contributed by atoms with van der Waals surface area (Å²) < 4.78 is 15.4. The van der Waals surface area contributed by atoms with Crippen LogP contribution in [0.15, 0.2) is 24.3 Å². The van der Waals surface area contributed by atoms with Crippen LogP contribution in [0.3, 0.4) is 0 Å². The van der Waals surface area contributed by atoms with E-state index in [1.807, 2.05) is 13.0 Å². The summed E-state index contributed by atoms with van der Waals surface area (Å²) in [4.78, 5) is 12.0. The summed E-state index contributed by atoms with van der Waals surface area (Å²) in [7, 11) is 3.04. The number of amides is 1. The molecule has 0 saturated heterocycles. The van der Waals surface area contributed by atoms with Gasteiger partial charge >= 0.3 is 0 Å². The number of hydrogen-bond acceptors (Lipinski definition) is 4. The summed E-state index contributed by atoms with van der Waals surface area (Å²) in [5.74, 6) is 0.363. The molecule has 0 heterocycles. The highest BCUT2D eigenvalue weighted by atomic mass is 16.7. The number of carbonyl (C=O) groups is 1. The molecule has 0 bridgehead atoms. The first-order valence-corrected chi connectivity index (χ1v) is 5.78. The minimum Gasteiger partial charge on any atom is -0.493 e. The van der Waals surface area contributed by atoms with E-state index in [9.17, 15) is 4.79 Å². The molecule has 18 heavy (non-hydrogen) atoms. The first kappa shape index (κ1) is 14.5. The van der Waals surface area contributed by atoms with Gasteiger partial charge in [-0.25, -0.2) is 0 Å². The van der Waals surface area contributed by atoms with Crippen molar-refractivity contribution in [3.05, 3.63) is 29.8 Å². The fourth-order valence-electron chi connectivity index (χ4n) is 1.47. The van der Waals surface area contributed by atoms with E-state index in [-0.39, 0.29) is 12.5 Å². The van der Waals surface area contributed by atoms with Gasteiger partial charge in [0.2, 0.25) is 0 Å². The molecule has 0 saturated carbocycles. The summed E-state index contributed by atoms with van der Waals surface area (Å²) in [5, 5.41) is 2.73. The monoisotopic (exact) mass is 253 g/mol. The average molecular weight is 253 g/mol. The molecule has 0 aliphatic heterocycles. The minimum atomic E-state index is -0.451. The zero-order valence-electron chi connectivity index (χ0n) is 10.9. The fourth-order valence-corrected chi connectivity index (χ4v) is 1.47. The molecule has 1 aromatic rings. The van der Waals surface area contributed by atoms with Gasteiger partial charge < -0.3 is 19.5 Å². The summed E-state index contributed by atoms with van der Waals surface area (Å²) in [5.41, 5.74) is 0.505. The third kappa shape index (κ3) is 4.01. The van der Waals surface area contributed by atoms with Crippen LogP contribution >= 0.6 is 0 Å². The Bertz CT molecular complexity index is 377. The van der Waals surface area contributed by atoms with Gasteiger partial charge in [0.05, 0.1) is 18.7 Å². The molecule has 0 fully saturated rings. The van der Waals surface area contributed by atoms with Crippen molar-refractivity contribution in [3.63, 3.8) is 0 Å². The van der Waals surface area contributed by atoms with E-state index in [1.165, 1.54) is 14.2 Å². The largest absolute Gasteiger partial charge is 0.493 e. The molecule has 100 valence electrons. The molecule has 0 aliphatic rings. The van der Waals surface area contributed by atoms with Crippen LogP contribution in [0.25, 0.3) is 0 Å². The number of ether oxygens (including phenoxy) is 3. The molecule has 1 rings (SSSR count). The Labute approximate surface area is 107 Å². The van der Waals surface area contributed by atoms with Gasteiger partial charge in [-0.2, -0.15) is 0 Å². The molecule has 1 aromatic carbocycles. The lowest BCUT2D eigenvalue weighted by Gasteiger charge is -2.15. The lowest BCUT2D eigenvalue weighted by Crippen LogP contribution is -2.34. The average Bonchev–Trinajstić information content (AvgIpc) is 2.40. The van der Waals surface area contributed by atoms with Crippen molar-refractivity contribution >= 4 is 5.91 Å². The molecule has 5 heteroatoms. The second-order valence-corrected chi connectivity index (χ2v) is 3.54. The molecule has 0 aromatic heterocycles. The van der Waals surface area contributed by atoms with Crippen molar-refractivity contribution in [1.82, 2.24) is 5.32 Å². The van der Waals surface area contributed by atoms with Gasteiger partial charge in [0.1, 0.15) is 5.75 Å². The van der Waals surface area contributed by atoms with Crippen LogP contribution < -0.4 is 10.1 Å². The van der Waals surface area contributed by atoms with Crippen molar-refractivity contribution in [1.29, 1.82) is 0 Å². The number of benzene rings is 1. The zero-order chi connectivity index (χ0) is 13.4. The summed E-state index contributed by atoms with van der Waals surface area (Å²) >= 11 is 0. The van der Waals surface area contributed by atoms with E-state index >= 15 is 0 Å². The first-order valence-electron chi connectivity index (χ1n) is 5.78. The molecule has 0 radical (unpaired) electrons. The molecule has 0 atom stereocenters. The van der Waals surface area contributed by atoms with Crippen LogP contribution in [0.2, 0.25) is 0 Å². The van der Waals surface area contributed by atoms with Gasteiger partial charge in [0, 0.05) is 14.2 Å². The number of rotatable bonds is 7. The number of methoxy groups -OCH3 is 2. The van der Waals surface area contributed by atoms with Gasteiger partial charge in [-0.3, -0.25) is 4.79 Å². The van der Waals surface area contributed by atoms with Gasteiger partial charge in [-0.1, -0.05) is 12.1 Å². The molecule has 5 nitrogen and oxygen atoms in total. The Morgan fingerprint density at radius 3 is 2.56 bits per heavy atom. The maximum absolute atomic E-state index is 12.0. The Kier molecular flexibility index (Phi) is 6.18. The van der Waals surface area contributed by atoms with Crippen molar-refractivity contribution in [2.75, 3.05) is 27.4 Å². The topological polar surface area (TPSA) is 56.8 Å². The maximum Gasteiger partial charge on any atom is 0.255 e. The standard InChI is InChI=1S/C13H19NO4/c1-4-18-11-8-6-5-7-10(11)13(15)14-9-12(16-2)17-3/h5-8,12H,4,9H2,1-3H3,(H,14,15). The number of carbonyl (C=O) groups excluding carboxylic acids is 1. The van der Waals surface area contributed by atoms with E-state index in [0.29, 0.717) is 17.9 Å². The Morgan fingerprint density at radius 2 is 1.94 bits per heavy atom. The van der Waals surface area contributed by atoms with Crippen molar-refractivity contribution < 1.29 is 19.0 Å². The van der Waals surface area contributed by atoms with Crippen LogP contribution in [0.1, 0.15) is 17.3 Å². The molecule has 0 unspecified atom stereocenters. The highest BCUT2D eigenvalue weighted by molar-refractivity contribution is 5.96. The predicted molar refractivity (Wildman–Crippen MR) is 67.8 cm³/mol. The van der Waals surface area contributed by atoms with E-state index in [2.05, 4.69) is 5.32 Å². The highest BCUT2D eigenvalue weighted by Crippen LogP contribution is 2.17. The lowest BCUT2D eigenvalue weighted by molar-refractivity contribution is -0.0974. The maximum atomic E-state index is 12.0. The van der Waals surface area contributed by atoms with Crippen molar-refractivity contribution in [2.45, 2.75) is 13.2 Å². The molecular weight excluding hydrogens is 234 g/mol. The van der Waals surface area contributed by atoms with Gasteiger partial charge in [-0.05, 0) is 19.1 Å². The van der Waals surface area contributed by atoms with E-state index < -0.39 is 6.29 Å². The van der Waals surface area contributed by atoms with Gasteiger partial charge in [0.25, 0.3) is 5.91 Å². The highest BCUT2D eigenvalue weighted by Gasteiger charge is 2.13. The summed E-state index contributed by atoms with van der Waals surface area (Å²) in [6.45, 7) is 2.68. The molecule has 0 spiro atoms. The van der Waals surface area contributed by atoms with E-state index in [4.69, 9.17) is 14.2 Å². The van der Waals surface area contributed by atoms with Crippen LogP contribution in [-0.2, 0) is 9.47 Å². The third-order valence-corrected chi connectivity index (χ3v) is 2.39. The number of para-hydroxylation sites is 1. The SMILES string of the molecule is CCOc1ccccc1C(=O)NCC(OC)OC. The Hall–Kier alpha value is -1.59. The number of nitrogens with one attached hydrogen (secondary N) is 1. The van der Waals surface area contributed by atoms with Crippen LogP contribution in [0.4, 0.5) is 0 Å². The summed E-state index contributed by atoms with van der Waals surface area (Å²) in [6, 6.07) is 7.11. The quantitative estimate of drug-likeness (QED) is 0.747. The lowest BCUT2D eigenvalue weighted by atomic mass is 10.2. The normalized spacial score (nSPS) is 10.4. The molecule has 1 amide bonds. The third-order valence-electron chi connectivity index (χ3n) is 2.39. The fraction of sp³-hybridized carbons (Fsp3) is 0.462. The van der Waals surface area contributed by atoms with Crippen molar-refractivity contribution in [3.8, 4) is 5.75 Å². The van der Waals surface area contributed by atoms with Crippen molar-refractivity contribution in [2.24, 2.45) is 0 Å². The van der Waals surface area contributed by atoms with E-state index in [1.54, 1.807) is 18.2 Å². The molecule has 1 N–H and O–H groups in total. The Balaban J connectivity index is 2.66. The van der Waals surface area contributed by atoms with Crippen LogP contribution in [-0.4, -0.2) is 39.6 Å². The Morgan fingerprint density at radius 1 is 1.28 bits per heavy atom. The van der Waals surface area contributed by atoms with Crippen LogP contribution in [0.5, 0.6) is 5.75 Å². The van der Waals surface area contributed by atoms with Crippen LogP contribution in [0, 0.1) is 0 Å². The number of hydrogen-bond donors (Lipinski definition) is 1. The second kappa shape index (κ2) is 7.68.